The fraction of sp³-hybridized carbons (Fsp3) is 0.615. The monoisotopic (exact) mass is 310 g/mol. The van der Waals surface area contributed by atoms with Crippen molar-refractivity contribution in [1.82, 2.24) is 19.2 Å². The average Bonchev–Trinajstić information content (AvgIpc) is 3.06. The average molecular weight is 310 g/mol. The largest absolute Gasteiger partial charge is 0.337 e. The van der Waals surface area contributed by atoms with E-state index in [1.807, 2.05) is 0 Å². The van der Waals surface area contributed by atoms with Gasteiger partial charge in [-0.2, -0.15) is 0 Å². The maximum atomic E-state index is 12.3. The highest BCUT2D eigenvalue weighted by Crippen LogP contribution is 2.33. The highest BCUT2D eigenvalue weighted by Gasteiger charge is 2.44. The van der Waals surface area contributed by atoms with Crippen LogP contribution in [0.15, 0.2) is 18.6 Å². The number of carbonyl (C=O) groups is 1. The summed E-state index contributed by atoms with van der Waals surface area (Å²) in [5.41, 5.74) is 0.343. The van der Waals surface area contributed by atoms with Crippen LogP contribution in [0.25, 0.3) is 0 Å². The fourth-order valence-electron chi connectivity index (χ4n) is 3.10. The Balaban J connectivity index is 1.66. The van der Waals surface area contributed by atoms with Gasteiger partial charge in [0.2, 0.25) is 10.0 Å². The summed E-state index contributed by atoms with van der Waals surface area (Å²) in [4.78, 5) is 22.0. The Hall–Kier alpha value is -1.54. The van der Waals surface area contributed by atoms with Crippen molar-refractivity contribution in [2.45, 2.75) is 6.92 Å². The van der Waals surface area contributed by atoms with Gasteiger partial charge in [0.05, 0.1) is 11.9 Å². The molecule has 3 heterocycles. The lowest BCUT2D eigenvalue weighted by atomic mass is 10.0. The molecule has 0 aromatic carbocycles. The molecule has 2 saturated heterocycles. The van der Waals surface area contributed by atoms with Crippen molar-refractivity contribution < 1.29 is 13.2 Å². The van der Waals surface area contributed by atoms with E-state index in [2.05, 4.69) is 9.97 Å². The number of amides is 1. The maximum Gasteiger partial charge on any atom is 0.274 e. The van der Waals surface area contributed by atoms with Gasteiger partial charge in [0.25, 0.3) is 5.91 Å². The second-order valence-corrected chi connectivity index (χ2v) is 7.80. The smallest absolute Gasteiger partial charge is 0.274 e. The molecule has 1 aromatic rings. The van der Waals surface area contributed by atoms with Crippen molar-refractivity contribution in [1.29, 1.82) is 0 Å². The van der Waals surface area contributed by atoms with Crippen molar-refractivity contribution >= 4 is 15.9 Å². The number of sulfonamides is 1. The van der Waals surface area contributed by atoms with E-state index in [0.29, 0.717) is 31.9 Å². The van der Waals surface area contributed by atoms with Crippen molar-refractivity contribution in [3.63, 3.8) is 0 Å². The molecule has 0 radical (unpaired) electrons. The van der Waals surface area contributed by atoms with E-state index in [1.54, 1.807) is 16.1 Å². The highest BCUT2D eigenvalue weighted by molar-refractivity contribution is 7.89. The molecular weight excluding hydrogens is 292 g/mol. The molecule has 0 unspecified atom stereocenters. The number of hydrogen-bond donors (Lipinski definition) is 0. The first-order valence-electron chi connectivity index (χ1n) is 7.04. The molecule has 0 aliphatic carbocycles. The molecule has 2 aliphatic rings. The van der Waals surface area contributed by atoms with Gasteiger partial charge in [-0.3, -0.25) is 9.78 Å². The fourth-order valence-corrected chi connectivity index (χ4v) is 4.30. The Labute approximate surface area is 124 Å². The van der Waals surface area contributed by atoms with Gasteiger partial charge in [-0.25, -0.2) is 17.7 Å². The molecule has 2 fully saturated rings. The van der Waals surface area contributed by atoms with Crippen LogP contribution >= 0.6 is 0 Å². The molecule has 3 rings (SSSR count). The molecule has 0 bridgehead atoms. The van der Waals surface area contributed by atoms with Gasteiger partial charge in [-0.05, 0) is 18.8 Å². The minimum Gasteiger partial charge on any atom is -0.337 e. The minimum absolute atomic E-state index is 0.123. The van der Waals surface area contributed by atoms with Crippen LogP contribution < -0.4 is 0 Å². The SMILES string of the molecule is CCS(=O)(=O)N1C[C@H]2CN(C(=O)c3cnccn3)C[C@H]2C1. The van der Waals surface area contributed by atoms with Gasteiger partial charge in [0.1, 0.15) is 5.69 Å². The topological polar surface area (TPSA) is 83.5 Å². The van der Waals surface area contributed by atoms with Gasteiger partial charge in [-0.1, -0.05) is 0 Å². The lowest BCUT2D eigenvalue weighted by Crippen LogP contribution is -2.36. The van der Waals surface area contributed by atoms with Gasteiger partial charge in [0.15, 0.2) is 0 Å². The molecule has 2 atom stereocenters. The van der Waals surface area contributed by atoms with Crippen LogP contribution in [-0.2, 0) is 10.0 Å². The summed E-state index contributed by atoms with van der Waals surface area (Å²) in [6.45, 7) is 3.88. The first kappa shape index (κ1) is 14.4. The van der Waals surface area contributed by atoms with Crippen LogP contribution in [0.3, 0.4) is 0 Å². The van der Waals surface area contributed by atoms with Gasteiger partial charge in [0, 0.05) is 38.6 Å². The summed E-state index contributed by atoms with van der Waals surface area (Å²) in [7, 11) is -3.12. The van der Waals surface area contributed by atoms with E-state index >= 15 is 0 Å². The van der Waals surface area contributed by atoms with E-state index in [0.717, 1.165) is 0 Å². The molecule has 0 saturated carbocycles. The Bertz CT molecular complexity index is 620. The number of fused-ring (bicyclic) bond motifs is 1. The Morgan fingerprint density at radius 3 is 2.43 bits per heavy atom. The number of aromatic nitrogens is 2. The van der Waals surface area contributed by atoms with Crippen molar-refractivity contribution in [2.24, 2.45) is 11.8 Å². The third-order valence-electron chi connectivity index (χ3n) is 4.28. The van der Waals surface area contributed by atoms with Crippen molar-refractivity contribution in [3.8, 4) is 0 Å². The molecule has 21 heavy (non-hydrogen) atoms. The normalized spacial score (nSPS) is 26.0. The molecule has 2 aliphatic heterocycles. The van der Waals surface area contributed by atoms with Gasteiger partial charge >= 0.3 is 0 Å². The maximum absolute atomic E-state index is 12.3. The third kappa shape index (κ3) is 2.65. The minimum atomic E-state index is -3.12. The van der Waals surface area contributed by atoms with Crippen LogP contribution in [0.1, 0.15) is 17.4 Å². The first-order valence-corrected chi connectivity index (χ1v) is 8.65. The summed E-state index contributed by atoms with van der Waals surface area (Å²) in [5, 5.41) is 0. The van der Waals surface area contributed by atoms with Crippen molar-refractivity contribution in [3.05, 3.63) is 24.3 Å². The Morgan fingerprint density at radius 1 is 1.24 bits per heavy atom. The van der Waals surface area contributed by atoms with Crippen LogP contribution in [0.4, 0.5) is 0 Å². The molecule has 0 N–H and O–H groups in total. The van der Waals surface area contributed by atoms with E-state index < -0.39 is 10.0 Å². The Morgan fingerprint density at radius 2 is 1.90 bits per heavy atom. The molecule has 0 spiro atoms. The van der Waals surface area contributed by atoms with E-state index in [1.165, 1.54) is 18.6 Å². The zero-order valence-electron chi connectivity index (χ0n) is 11.8. The number of rotatable bonds is 3. The molecule has 1 aromatic heterocycles. The third-order valence-corrected chi connectivity index (χ3v) is 6.09. The summed E-state index contributed by atoms with van der Waals surface area (Å²) in [6, 6.07) is 0. The molecule has 7 nitrogen and oxygen atoms in total. The lowest BCUT2D eigenvalue weighted by molar-refractivity contribution is 0.0772. The predicted molar refractivity (Wildman–Crippen MR) is 75.9 cm³/mol. The summed E-state index contributed by atoms with van der Waals surface area (Å²) in [5.74, 6) is 0.468. The standard InChI is InChI=1S/C13H18N4O3S/c1-2-21(19,20)17-8-10-6-16(7-11(10)9-17)13(18)12-5-14-3-4-15-12/h3-5,10-11H,2,6-9H2,1H3/t10-,11+. The highest BCUT2D eigenvalue weighted by atomic mass is 32.2. The molecule has 8 heteroatoms. The summed E-state index contributed by atoms with van der Waals surface area (Å²) < 4.78 is 25.4. The number of nitrogens with zero attached hydrogens (tertiary/aromatic N) is 4. The zero-order chi connectivity index (χ0) is 15.0. The summed E-state index contributed by atoms with van der Waals surface area (Å²) in [6.07, 6.45) is 4.49. The Kier molecular flexibility index (Phi) is 3.66. The van der Waals surface area contributed by atoms with Gasteiger partial charge in [-0.15, -0.1) is 0 Å². The van der Waals surface area contributed by atoms with Crippen LogP contribution in [0.2, 0.25) is 0 Å². The van der Waals surface area contributed by atoms with Crippen molar-refractivity contribution in [2.75, 3.05) is 31.9 Å². The van der Waals surface area contributed by atoms with Crippen LogP contribution in [0.5, 0.6) is 0 Å². The molecule has 1 amide bonds. The zero-order valence-corrected chi connectivity index (χ0v) is 12.7. The van der Waals surface area contributed by atoms with Crippen LogP contribution in [-0.4, -0.2) is 65.4 Å². The van der Waals surface area contributed by atoms with E-state index in [9.17, 15) is 13.2 Å². The van der Waals surface area contributed by atoms with E-state index in [4.69, 9.17) is 0 Å². The lowest BCUT2D eigenvalue weighted by Gasteiger charge is -2.20. The number of carbonyl (C=O) groups excluding carboxylic acids is 1. The number of hydrogen-bond acceptors (Lipinski definition) is 5. The van der Waals surface area contributed by atoms with Gasteiger partial charge < -0.3 is 4.90 Å². The molecular formula is C13H18N4O3S. The number of likely N-dealkylation sites (tertiary alicyclic amines) is 1. The second kappa shape index (κ2) is 5.34. The first-order chi connectivity index (χ1) is 10.0. The second-order valence-electron chi connectivity index (χ2n) is 5.54. The predicted octanol–water partition coefficient (Wildman–Crippen LogP) is -0.170. The van der Waals surface area contributed by atoms with E-state index in [-0.39, 0.29) is 23.5 Å². The molecule has 114 valence electrons. The quantitative estimate of drug-likeness (QED) is 0.774. The summed E-state index contributed by atoms with van der Waals surface area (Å²) >= 11 is 0. The van der Waals surface area contributed by atoms with Crippen LogP contribution in [0, 0.1) is 11.8 Å².